The van der Waals surface area contributed by atoms with Crippen molar-refractivity contribution in [3.05, 3.63) is 71.4 Å². The van der Waals surface area contributed by atoms with Gasteiger partial charge in [0.15, 0.2) is 11.7 Å². The van der Waals surface area contributed by atoms with Crippen LogP contribution >= 0.6 is 0 Å². The number of benzene rings is 2. The fourth-order valence-electron chi connectivity index (χ4n) is 5.50. The van der Waals surface area contributed by atoms with Crippen molar-refractivity contribution in [2.75, 3.05) is 5.32 Å². The van der Waals surface area contributed by atoms with E-state index in [-0.39, 0.29) is 0 Å². The Kier molecular flexibility index (Phi) is 6.13. The van der Waals surface area contributed by atoms with Gasteiger partial charge in [-0.3, -0.25) is 19.4 Å². The lowest BCUT2D eigenvalue weighted by atomic mass is 9.84. The van der Waals surface area contributed by atoms with Crippen LogP contribution in [0.15, 0.2) is 54.6 Å². The van der Waals surface area contributed by atoms with Crippen molar-refractivity contribution in [3.8, 4) is 0 Å². The molecule has 6 heteroatoms. The van der Waals surface area contributed by atoms with Crippen LogP contribution in [0.2, 0.25) is 0 Å². The van der Waals surface area contributed by atoms with Crippen molar-refractivity contribution >= 4 is 34.2 Å². The van der Waals surface area contributed by atoms with Gasteiger partial charge >= 0.3 is 0 Å². The van der Waals surface area contributed by atoms with Crippen LogP contribution in [0.3, 0.4) is 0 Å². The molecule has 2 heterocycles. The first-order valence-corrected chi connectivity index (χ1v) is 12.5. The molecule has 2 unspecified atom stereocenters. The Morgan fingerprint density at radius 1 is 1.03 bits per heavy atom. The Balaban J connectivity index is 1.27. The maximum Gasteiger partial charge on any atom is 0.244 e. The summed E-state index contributed by atoms with van der Waals surface area (Å²) in [7, 11) is 0. The minimum absolute atomic E-state index is 0.307. The SMILES string of the molecule is Cc1ccc2cc(CC3(C)NC(=O)C(C(=O)Nc4ccc(C5CCCCC5)cc4)C3=O)ccc2n1. The van der Waals surface area contributed by atoms with Gasteiger partial charge < -0.3 is 10.6 Å². The van der Waals surface area contributed by atoms with Gasteiger partial charge in [-0.25, -0.2) is 0 Å². The number of Topliss-reactive ketones (excluding diaryl/α,β-unsaturated/α-hetero) is 1. The molecule has 0 spiro atoms. The molecule has 1 aliphatic heterocycles. The number of pyridine rings is 1. The van der Waals surface area contributed by atoms with Crippen LogP contribution in [-0.4, -0.2) is 28.1 Å². The second kappa shape index (κ2) is 9.25. The number of carbonyl (C=O) groups is 3. The second-order valence-electron chi connectivity index (χ2n) is 10.2. The first-order chi connectivity index (χ1) is 16.8. The highest BCUT2D eigenvalue weighted by Crippen LogP contribution is 2.33. The van der Waals surface area contributed by atoms with E-state index in [1.165, 1.54) is 37.7 Å². The summed E-state index contributed by atoms with van der Waals surface area (Å²) in [5.41, 5.74) is 3.46. The number of amides is 2. The van der Waals surface area contributed by atoms with Crippen molar-refractivity contribution in [3.63, 3.8) is 0 Å². The Morgan fingerprint density at radius 3 is 2.51 bits per heavy atom. The molecule has 2 amide bonds. The van der Waals surface area contributed by atoms with E-state index in [4.69, 9.17) is 0 Å². The van der Waals surface area contributed by atoms with Crippen LogP contribution in [0.5, 0.6) is 0 Å². The Bertz CT molecular complexity index is 1290. The van der Waals surface area contributed by atoms with Gasteiger partial charge in [-0.2, -0.15) is 0 Å². The first-order valence-electron chi connectivity index (χ1n) is 12.5. The van der Waals surface area contributed by atoms with E-state index in [2.05, 4.69) is 15.6 Å². The van der Waals surface area contributed by atoms with Crippen LogP contribution in [0.1, 0.15) is 61.8 Å². The number of ketones is 1. The number of carbonyl (C=O) groups excluding carboxylic acids is 3. The lowest BCUT2D eigenvalue weighted by Crippen LogP contribution is -2.45. The van der Waals surface area contributed by atoms with Gasteiger partial charge in [-0.15, -0.1) is 0 Å². The van der Waals surface area contributed by atoms with Crippen molar-refractivity contribution < 1.29 is 14.4 Å². The summed E-state index contributed by atoms with van der Waals surface area (Å²) in [6.45, 7) is 3.63. The van der Waals surface area contributed by atoms with Gasteiger partial charge in [0.05, 0.1) is 5.52 Å². The largest absolute Gasteiger partial charge is 0.342 e. The minimum atomic E-state index is -1.36. The van der Waals surface area contributed by atoms with E-state index in [9.17, 15) is 14.4 Å². The van der Waals surface area contributed by atoms with Gasteiger partial charge in [0, 0.05) is 23.2 Å². The molecule has 2 N–H and O–H groups in total. The van der Waals surface area contributed by atoms with Gasteiger partial charge in [-0.1, -0.05) is 43.5 Å². The molecule has 2 aromatic carbocycles. The van der Waals surface area contributed by atoms with E-state index in [0.29, 0.717) is 18.0 Å². The summed E-state index contributed by atoms with van der Waals surface area (Å²) in [5.74, 6) is -2.32. The molecule has 3 aromatic rings. The number of hydrogen-bond donors (Lipinski definition) is 2. The van der Waals surface area contributed by atoms with Gasteiger partial charge in [0.25, 0.3) is 0 Å². The Labute approximate surface area is 205 Å². The van der Waals surface area contributed by atoms with Gasteiger partial charge in [-0.05, 0) is 74.1 Å². The quantitative estimate of drug-likeness (QED) is 0.523. The van der Waals surface area contributed by atoms with E-state index < -0.39 is 29.1 Å². The summed E-state index contributed by atoms with van der Waals surface area (Å²) >= 11 is 0. The molecule has 1 saturated carbocycles. The molecule has 1 aromatic heterocycles. The van der Waals surface area contributed by atoms with Gasteiger partial charge in [0.2, 0.25) is 11.8 Å². The summed E-state index contributed by atoms with van der Waals surface area (Å²) in [4.78, 5) is 43.5. The fourth-order valence-corrected chi connectivity index (χ4v) is 5.50. The minimum Gasteiger partial charge on any atom is -0.342 e. The smallest absolute Gasteiger partial charge is 0.244 e. The molecular weight excluding hydrogens is 438 g/mol. The zero-order chi connectivity index (χ0) is 24.6. The fraction of sp³-hybridized carbons (Fsp3) is 0.379. The highest BCUT2D eigenvalue weighted by atomic mass is 16.2. The molecule has 1 aliphatic carbocycles. The summed E-state index contributed by atoms with van der Waals surface area (Å²) < 4.78 is 0. The molecule has 1 saturated heterocycles. The Morgan fingerprint density at radius 2 is 1.77 bits per heavy atom. The summed E-state index contributed by atoms with van der Waals surface area (Å²) in [5, 5.41) is 6.54. The molecule has 6 nitrogen and oxygen atoms in total. The monoisotopic (exact) mass is 469 g/mol. The van der Waals surface area contributed by atoms with Crippen molar-refractivity contribution in [1.82, 2.24) is 10.3 Å². The van der Waals surface area contributed by atoms with Crippen molar-refractivity contribution in [1.29, 1.82) is 0 Å². The van der Waals surface area contributed by atoms with E-state index in [0.717, 1.165) is 22.2 Å². The van der Waals surface area contributed by atoms with Crippen LogP contribution in [0, 0.1) is 12.8 Å². The van der Waals surface area contributed by atoms with Crippen molar-refractivity contribution in [2.45, 2.75) is 63.8 Å². The standard InChI is InChI=1S/C29H31N3O3/c1-18-8-10-22-16-19(9-15-24(22)30-18)17-29(2)26(33)25(28(35)32-29)27(34)31-23-13-11-21(12-14-23)20-6-4-3-5-7-20/h8-16,20,25H,3-7,17H2,1-2H3,(H,31,34)(H,32,35). The highest BCUT2D eigenvalue weighted by molar-refractivity contribution is 6.27. The third-order valence-corrected chi connectivity index (χ3v) is 7.43. The molecule has 180 valence electrons. The number of rotatable bonds is 5. The zero-order valence-corrected chi connectivity index (χ0v) is 20.3. The topological polar surface area (TPSA) is 88.2 Å². The molecular formula is C29H31N3O3. The predicted octanol–water partition coefficient (Wildman–Crippen LogP) is 4.85. The van der Waals surface area contributed by atoms with Gasteiger partial charge in [0.1, 0.15) is 5.54 Å². The third kappa shape index (κ3) is 4.70. The van der Waals surface area contributed by atoms with E-state index in [1.807, 2.05) is 61.5 Å². The number of hydrogen-bond acceptors (Lipinski definition) is 4. The number of anilines is 1. The maximum absolute atomic E-state index is 13.3. The number of aryl methyl sites for hydroxylation is 1. The average Bonchev–Trinajstić information content (AvgIpc) is 3.07. The highest BCUT2D eigenvalue weighted by Gasteiger charge is 2.52. The molecule has 0 radical (unpaired) electrons. The number of nitrogens with one attached hydrogen (secondary N) is 2. The number of aromatic nitrogens is 1. The lowest BCUT2D eigenvalue weighted by Gasteiger charge is -2.23. The molecule has 5 rings (SSSR count). The summed E-state index contributed by atoms with van der Waals surface area (Å²) in [6, 6.07) is 17.6. The first kappa shape index (κ1) is 23.2. The average molecular weight is 470 g/mol. The predicted molar refractivity (Wildman–Crippen MR) is 136 cm³/mol. The van der Waals surface area contributed by atoms with Crippen LogP contribution in [0.25, 0.3) is 10.9 Å². The zero-order valence-electron chi connectivity index (χ0n) is 20.3. The number of fused-ring (bicyclic) bond motifs is 1. The second-order valence-corrected chi connectivity index (χ2v) is 10.2. The van der Waals surface area contributed by atoms with Crippen LogP contribution in [0.4, 0.5) is 5.69 Å². The lowest BCUT2D eigenvalue weighted by molar-refractivity contribution is -0.135. The van der Waals surface area contributed by atoms with Crippen LogP contribution in [-0.2, 0) is 20.8 Å². The molecule has 2 atom stereocenters. The molecule has 35 heavy (non-hydrogen) atoms. The third-order valence-electron chi connectivity index (χ3n) is 7.43. The van der Waals surface area contributed by atoms with Crippen LogP contribution < -0.4 is 10.6 Å². The maximum atomic E-state index is 13.3. The molecule has 2 fully saturated rings. The number of nitrogens with zero attached hydrogens (tertiary/aromatic N) is 1. The van der Waals surface area contributed by atoms with E-state index in [1.54, 1.807) is 6.92 Å². The van der Waals surface area contributed by atoms with Crippen molar-refractivity contribution in [2.24, 2.45) is 5.92 Å². The Hall–Kier alpha value is -3.54. The van der Waals surface area contributed by atoms with E-state index >= 15 is 0 Å². The normalized spacial score (nSPS) is 22.9. The summed E-state index contributed by atoms with van der Waals surface area (Å²) in [6.07, 6.45) is 6.54. The molecule has 0 bridgehead atoms. The molecule has 2 aliphatic rings.